The molecule has 2 aromatic carbocycles. The van der Waals surface area contributed by atoms with Gasteiger partial charge in [0, 0.05) is 17.0 Å². The molecular weight excluding hydrogens is 470 g/mol. The molecular formula is C29H31N3O3S. The molecule has 1 fully saturated rings. The van der Waals surface area contributed by atoms with Crippen LogP contribution in [-0.2, 0) is 0 Å². The van der Waals surface area contributed by atoms with Crippen LogP contribution in [0.2, 0.25) is 0 Å². The Morgan fingerprint density at radius 3 is 2.36 bits per heavy atom. The Kier molecular flexibility index (Phi) is 6.83. The van der Waals surface area contributed by atoms with Crippen LogP contribution in [0, 0.1) is 6.92 Å². The average Bonchev–Trinajstić information content (AvgIpc) is 3.25. The predicted octanol–water partition coefficient (Wildman–Crippen LogP) is 6.60. The lowest BCUT2D eigenvalue weighted by atomic mass is 9.95. The molecule has 0 aliphatic heterocycles. The minimum absolute atomic E-state index is 0.113. The molecule has 4 aromatic rings. The van der Waals surface area contributed by atoms with Crippen LogP contribution >= 0.6 is 11.3 Å². The SMILES string of the molecule is COc1ccc(-c2cc(-c3ccc(C)cc3)nc3sc(C(=O)NC4CCCCC4)c(N)c23)cc1OC. The summed E-state index contributed by atoms with van der Waals surface area (Å²) in [6, 6.07) is 16.3. The first-order valence-electron chi connectivity index (χ1n) is 12.3. The Bertz CT molecular complexity index is 1410. The third-order valence-electron chi connectivity index (χ3n) is 6.89. The van der Waals surface area contributed by atoms with Crippen LogP contribution in [0.1, 0.15) is 47.3 Å². The topological polar surface area (TPSA) is 86.5 Å². The smallest absolute Gasteiger partial charge is 0.263 e. The minimum atomic E-state index is -0.113. The lowest BCUT2D eigenvalue weighted by Crippen LogP contribution is -2.36. The summed E-state index contributed by atoms with van der Waals surface area (Å²) in [7, 11) is 3.24. The van der Waals surface area contributed by atoms with Crippen molar-refractivity contribution in [1.29, 1.82) is 0 Å². The number of ether oxygens (including phenoxy) is 2. The summed E-state index contributed by atoms with van der Waals surface area (Å²) in [5.74, 6) is 1.16. The maximum Gasteiger partial charge on any atom is 0.263 e. The molecule has 1 saturated carbocycles. The number of pyridine rings is 1. The summed E-state index contributed by atoms with van der Waals surface area (Å²) < 4.78 is 11.0. The molecule has 0 bridgehead atoms. The van der Waals surface area contributed by atoms with Crippen molar-refractivity contribution in [3.63, 3.8) is 0 Å². The minimum Gasteiger partial charge on any atom is -0.493 e. The molecule has 1 aliphatic carbocycles. The molecule has 0 atom stereocenters. The van der Waals surface area contributed by atoms with E-state index < -0.39 is 0 Å². The van der Waals surface area contributed by atoms with Gasteiger partial charge < -0.3 is 20.5 Å². The zero-order valence-corrected chi connectivity index (χ0v) is 21.7. The van der Waals surface area contributed by atoms with Gasteiger partial charge in [0.1, 0.15) is 9.71 Å². The Morgan fingerprint density at radius 2 is 1.67 bits per heavy atom. The van der Waals surface area contributed by atoms with E-state index in [0.717, 1.165) is 58.3 Å². The van der Waals surface area contributed by atoms with Gasteiger partial charge in [-0.05, 0) is 49.1 Å². The molecule has 2 heterocycles. The number of rotatable bonds is 6. The van der Waals surface area contributed by atoms with Crippen LogP contribution in [0.5, 0.6) is 11.5 Å². The first-order valence-corrected chi connectivity index (χ1v) is 13.1. The van der Waals surface area contributed by atoms with E-state index in [0.29, 0.717) is 22.1 Å². The molecule has 0 saturated heterocycles. The number of anilines is 1. The molecule has 3 N–H and O–H groups in total. The van der Waals surface area contributed by atoms with Crippen LogP contribution in [0.25, 0.3) is 32.6 Å². The fourth-order valence-electron chi connectivity index (χ4n) is 4.89. The van der Waals surface area contributed by atoms with Gasteiger partial charge in [-0.3, -0.25) is 4.79 Å². The highest BCUT2D eigenvalue weighted by Crippen LogP contribution is 2.43. The van der Waals surface area contributed by atoms with Gasteiger partial charge in [0.25, 0.3) is 5.91 Å². The van der Waals surface area contributed by atoms with Crippen molar-refractivity contribution in [3.8, 4) is 33.9 Å². The van der Waals surface area contributed by atoms with Crippen molar-refractivity contribution in [1.82, 2.24) is 10.3 Å². The molecule has 36 heavy (non-hydrogen) atoms. The highest BCUT2D eigenvalue weighted by molar-refractivity contribution is 7.21. The van der Waals surface area contributed by atoms with Crippen LogP contribution in [0.3, 0.4) is 0 Å². The second-order valence-corrected chi connectivity index (χ2v) is 10.3. The summed E-state index contributed by atoms with van der Waals surface area (Å²) in [6.07, 6.45) is 5.57. The van der Waals surface area contributed by atoms with Gasteiger partial charge in [-0.1, -0.05) is 55.2 Å². The average molecular weight is 502 g/mol. The zero-order valence-electron chi connectivity index (χ0n) is 20.9. The van der Waals surface area contributed by atoms with E-state index in [2.05, 4.69) is 36.5 Å². The molecule has 0 radical (unpaired) electrons. The highest BCUT2D eigenvalue weighted by Gasteiger charge is 2.24. The van der Waals surface area contributed by atoms with Gasteiger partial charge in [-0.25, -0.2) is 4.98 Å². The molecule has 186 valence electrons. The van der Waals surface area contributed by atoms with E-state index >= 15 is 0 Å². The van der Waals surface area contributed by atoms with Crippen molar-refractivity contribution in [2.75, 3.05) is 20.0 Å². The molecule has 0 unspecified atom stereocenters. The Balaban J connectivity index is 1.66. The Hall–Kier alpha value is -3.58. The molecule has 1 aliphatic rings. The second kappa shape index (κ2) is 10.2. The standard InChI is InChI=1S/C29H31N3O3S/c1-17-9-11-18(12-10-17)22-16-21(19-13-14-23(34-2)24(15-19)35-3)25-26(30)27(36-29(25)32-22)28(33)31-20-7-5-4-6-8-20/h9-16,20H,4-8,30H2,1-3H3,(H,31,33). The number of aryl methyl sites for hydroxylation is 1. The number of methoxy groups -OCH3 is 2. The number of carbonyl (C=O) groups excluding carboxylic acids is 1. The summed E-state index contributed by atoms with van der Waals surface area (Å²) in [5, 5.41) is 4.00. The van der Waals surface area contributed by atoms with E-state index in [-0.39, 0.29) is 11.9 Å². The molecule has 5 rings (SSSR count). The number of nitrogens with one attached hydrogen (secondary N) is 1. The maximum absolute atomic E-state index is 13.3. The normalized spacial score (nSPS) is 14.1. The van der Waals surface area contributed by atoms with Gasteiger partial charge >= 0.3 is 0 Å². The molecule has 7 heteroatoms. The fourth-order valence-corrected chi connectivity index (χ4v) is 5.91. The van der Waals surface area contributed by atoms with Crippen molar-refractivity contribution < 1.29 is 14.3 Å². The largest absolute Gasteiger partial charge is 0.493 e. The number of fused-ring (bicyclic) bond motifs is 1. The van der Waals surface area contributed by atoms with Gasteiger partial charge in [-0.2, -0.15) is 0 Å². The van der Waals surface area contributed by atoms with Crippen molar-refractivity contribution in [2.24, 2.45) is 0 Å². The molecule has 2 aromatic heterocycles. The van der Waals surface area contributed by atoms with Gasteiger partial charge in [0.05, 0.1) is 25.6 Å². The Morgan fingerprint density at radius 1 is 0.972 bits per heavy atom. The van der Waals surface area contributed by atoms with E-state index in [9.17, 15) is 4.79 Å². The summed E-state index contributed by atoms with van der Waals surface area (Å²) in [6.45, 7) is 2.06. The van der Waals surface area contributed by atoms with Gasteiger partial charge in [-0.15, -0.1) is 11.3 Å². The summed E-state index contributed by atoms with van der Waals surface area (Å²) >= 11 is 1.35. The number of aromatic nitrogens is 1. The van der Waals surface area contributed by atoms with Crippen molar-refractivity contribution in [3.05, 3.63) is 59.0 Å². The highest BCUT2D eigenvalue weighted by atomic mass is 32.1. The number of benzene rings is 2. The number of thiophene rings is 1. The predicted molar refractivity (Wildman–Crippen MR) is 147 cm³/mol. The number of nitrogen functional groups attached to an aromatic ring is 1. The van der Waals surface area contributed by atoms with Crippen LogP contribution in [-0.4, -0.2) is 31.2 Å². The van der Waals surface area contributed by atoms with E-state index in [1.54, 1.807) is 14.2 Å². The fraction of sp³-hybridized carbons (Fsp3) is 0.310. The summed E-state index contributed by atoms with van der Waals surface area (Å²) in [4.78, 5) is 19.5. The number of amides is 1. The lowest BCUT2D eigenvalue weighted by molar-refractivity contribution is 0.0932. The van der Waals surface area contributed by atoms with Crippen molar-refractivity contribution in [2.45, 2.75) is 45.1 Å². The van der Waals surface area contributed by atoms with Crippen molar-refractivity contribution >= 4 is 33.1 Å². The third kappa shape index (κ3) is 4.63. The Labute approximate surface area is 215 Å². The van der Waals surface area contributed by atoms with Gasteiger partial charge in [0.2, 0.25) is 0 Å². The molecule has 0 spiro atoms. The zero-order chi connectivity index (χ0) is 25.2. The number of carbonyl (C=O) groups is 1. The van der Waals surface area contributed by atoms with E-state index in [4.69, 9.17) is 20.2 Å². The molecule has 6 nitrogen and oxygen atoms in total. The van der Waals surface area contributed by atoms with E-state index in [1.807, 2.05) is 24.3 Å². The number of hydrogen-bond acceptors (Lipinski definition) is 6. The van der Waals surface area contributed by atoms with E-state index in [1.165, 1.54) is 23.3 Å². The first-order chi connectivity index (χ1) is 17.5. The van der Waals surface area contributed by atoms with Crippen LogP contribution < -0.4 is 20.5 Å². The first kappa shape index (κ1) is 24.1. The molecule has 1 amide bonds. The second-order valence-electron chi connectivity index (χ2n) is 9.32. The number of hydrogen-bond donors (Lipinski definition) is 2. The quantitative estimate of drug-likeness (QED) is 0.311. The third-order valence-corrected chi connectivity index (χ3v) is 7.99. The van der Waals surface area contributed by atoms with Crippen LogP contribution in [0.15, 0.2) is 48.5 Å². The van der Waals surface area contributed by atoms with Crippen LogP contribution in [0.4, 0.5) is 5.69 Å². The maximum atomic E-state index is 13.3. The number of nitrogens with zero attached hydrogens (tertiary/aromatic N) is 1. The summed E-state index contributed by atoms with van der Waals surface area (Å²) in [5.41, 5.74) is 12.0. The monoisotopic (exact) mass is 501 g/mol. The number of nitrogens with two attached hydrogens (primary N) is 1. The van der Waals surface area contributed by atoms with Gasteiger partial charge in [0.15, 0.2) is 11.5 Å². The lowest BCUT2D eigenvalue weighted by Gasteiger charge is -2.22.